The van der Waals surface area contributed by atoms with Crippen LogP contribution in [0.15, 0.2) is 36.0 Å². The van der Waals surface area contributed by atoms with Crippen molar-refractivity contribution in [2.75, 3.05) is 18.5 Å². The number of amides is 2. The molecule has 0 spiro atoms. The molecule has 2 aromatic rings. The second-order valence-corrected chi connectivity index (χ2v) is 6.08. The summed E-state index contributed by atoms with van der Waals surface area (Å²) in [6.45, 7) is 3.20. The number of aryl methyl sites for hydroxylation is 2. The number of carbonyl (C=O) groups is 3. The van der Waals surface area contributed by atoms with Crippen molar-refractivity contribution in [2.45, 2.75) is 13.8 Å². The third-order valence-corrected chi connectivity index (χ3v) is 4.08. The van der Waals surface area contributed by atoms with E-state index in [1.165, 1.54) is 10.7 Å². The molecule has 0 radical (unpaired) electrons. The van der Waals surface area contributed by atoms with Gasteiger partial charge in [-0.05, 0) is 38.1 Å². The molecule has 2 amide bonds. The summed E-state index contributed by atoms with van der Waals surface area (Å²) in [6, 6.07) is 6.40. The fraction of sp³-hybridized carbons (Fsp3) is 0.222. The smallest absolute Gasteiger partial charge is 0.337 e. The molecule has 2 heterocycles. The second kappa shape index (κ2) is 7.04. The summed E-state index contributed by atoms with van der Waals surface area (Å²) in [5, 5.41) is 25.6. The first-order valence-electron chi connectivity index (χ1n) is 8.18. The number of nitrogens with one attached hydrogen (secondary N) is 1. The van der Waals surface area contributed by atoms with E-state index in [-0.39, 0.29) is 24.4 Å². The second-order valence-electron chi connectivity index (χ2n) is 6.08. The number of β-amino-alcohol motifs (C(OH)–C–C–N with tert-alkyl or cyclic N) is 1. The van der Waals surface area contributed by atoms with E-state index in [9.17, 15) is 19.5 Å². The van der Waals surface area contributed by atoms with Gasteiger partial charge in [-0.2, -0.15) is 5.10 Å². The number of nitrogens with zero attached hydrogens (tertiary/aromatic N) is 3. The molecule has 0 unspecified atom stereocenters. The zero-order valence-electron chi connectivity index (χ0n) is 14.8. The first-order chi connectivity index (χ1) is 12.8. The monoisotopic (exact) mass is 370 g/mol. The molecule has 1 aliphatic rings. The quantitative estimate of drug-likeness (QED) is 0.644. The van der Waals surface area contributed by atoms with Gasteiger partial charge >= 0.3 is 5.97 Å². The zero-order valence-corrected chi connectivity index (χ0v) is 14.8. The summed E-state index contributed by atoms with van der Waals surface area (Å²) in [6.07, 6.45) is 1.12. The lowest BCUT2D eigenvalue weighted by Gasteiger charge is -2.14. The number of aliphatic hydroxyl groups excluding tert-OH is 1. The Morgan fingerprint density at radius 2 is 1.96 bits per heavy atom. The molecule has 0 bridgehead atoms. The van der Waals surface area contributed by atoms with E-state index in [4.69, 9.17) is 5.11 Å². The average molecular weight is 370 g/mol. The van der Waals surface area contributed by atoms with Gasteiger partial charge in [0, 0.05) is 17.5 Å². The van der Waals surface area contributed by atoms with Gasteiger partial charge in [0.25, 0.3) is 11.8 Å². The minimum Gasteiger partial charge on any atom is -0.478 e. The Morgan fingerprint density at radius 3 is 2.56 bits per heavy atom. The highest BCUT2D eigenvalue weighted by atomic mass is 16.4. The minimum absolute atomic E-state index is 0.00390. The number of anilines is 1. The lowest BCUT2D eigenvalue weighted by molar-refractivity contribution is -0.137. The van der Waals surface area contributed by atoms with Crippen LogP contribution in [0, 0.1) is 13.8 Å². The third-order valence-electron chi connectivity index (χ3n) is 4.08. The Balaban J connectivity index is 1.93. The van der Waals surface area contributed by atoms with Crippen LogP contribution in [0.4, 0.5) is 5.69 Å². The van der Waals surface area contributed by atoms with E-state index in [0.29, 0.717) is 11.4 Å². The van der Waals surface area contributed by atoms with Crippen LogP contribution in [-0.2, 0) is 9.59 Å². The third kappa shape index (κ3) is 3.44. The SMILES string of the molecule is Cc1cc(C)n(-c2ccc(NC3=CC(=O)N(CCO)C3=O)cc2C(=O)O)n1. The predicted molar refractivity (Wildman–Crippen MR) is 95.5 cm³/mol. The summed E-state index contributed by atoms with van der Waals surface area (Å²) in [4.78, 5) is 36.6. The molecule has 0 saturated heterocycles. The van der Waals surface area contributed by atoms with Gasteiger partial charge in [0.2, 0.25) is 0 Å². The van der Waals surface area contributed by atoms with Crippen molar-refractivity contribution < 1.29 is 24.6 Å². The van der Waals surface area contributed by atoms with E-state index in [2.05, 4.69) is 10.4 Å². The number of benzene rings is 1. The maximum Gasteiger partial charge on any atom is 0.337 e. The highest BCUT2D eigenvalue weighted by molar-refractivity contribution is 6.17. The van der Waals surface area contributed by atoms with Crippen LogP contribution >= 0.6 is 0 Å². The lowest BCUT2D eigenvalue weighted by atomic mass is 10.1. The fourth-order valence-corrected chi connectivity index (χ4v) is 2.91. The predicted octanol–water partition coefficient (Wildman–Crippen LogP) is 0.844. The number of hydrogen-bond donors (Lipinski definition) is 3. The van der Waals surface area contributed by atoms with Crippen molar-refractivity contribution in [2.24, 2.45) is 0 Å². The molecule has 27 heavy (non-hydrogen) atoms. The van der Waals surface area contributed by atoms with Gasteiger partial charge in [-0.15, -0.1) is 0 Å². The fourth-order valence-electron chi connectivity index (χ4n) is 2.91. The van der Waals surface area contributed by atoms with Crippen LogP contribution in [0.2, 0.25) is 0 Å². The summed E-state index contributed by atoms with van der Waals surface area (Å²) >= 11 is 0. The molecule has 3 N–H and O–H groups in total. The van der Waals surface area contributed by atoms with Crippen LogP contribution < -0.4 is 5.32 Å². The first-order valence-corrected chi connectivity index (χ1v) is 8.18. The van der Waals surface area contributed by atoms with Crippen LogP contribution in [0.3, 0.4) is 0 Å². The van der Waals surface area contributed by atoms with Gasteiger partial charge < -0.3 is 15.5 Å². The zero-order chi connectivity index (χ0) is 19.7. The summed E-state index contributed by atoms with van der Waals surface area (Å²) in [5.41, 5.74) is 2.29. The highest BCUT2D eigenvalue weighted by Crippen LogP contribution is 2.24. The molecule has 0 atom stereocenters. The van der Waals surface area contributed by atoms with Crippen LogP contribution in [0.1, 0.15) is 21.7 Å². The van der Waals surface area contributed by atoms with E-state index in [1.54, 1.807) is 12.1 Å². The van der Waals surface area contributed by atoms with Gasteiger partial charge in [-0.3, -0.25) is 14.5 Å². The van der Waals surface area contributed by atoms with Crippen molar-refractivity contribution in [1.29, 1.82) is 0 Å². The number of carbonyl (C=O) groups excluding carboxylic acids is 2. The van der Waals surface area contributed by atoms with Crippen molar-refractivity contribution in [3.8, 4) is 5.69 Å². The van der Waals surface area contributed by atoms with Crippen LogP contribution in [-0.4, -0.2) is 55.8 Å². The van der Waals surface area contributed by atoms with Crippen molar-refractivity contribution in [1.82, 2.24) is 14.7 Å². The molecule has 0 saturated carbocycles. The normalized spacial score (nSPS) is 13.9. The standard InChI is InChI=1S/C18H18N4O5/c1-10-7-11(2)22(20-10)15-4-3-12(8-13(15)18(26)27)19-14-9-16(24)21(5-6-23)17(14)25/h3-4,7-9,19,23H,5-6H2,1-2H3,(H,26,27). The highest BCUT2D eigenvalue weighted by Gasteiger charge is 2.30. The van der Waals surface area contributed by atoms with Gasteiger partial charge in [0.15, 0.2) is 0 Å². The Morgan fingerprint density at radius 1 is 1.22 bits per heavy atom. The number of carboxylic acids is 1. The van der Waals surface area contributed by atoms with E-state index >= 15 is 0 Å². The largest absolute Gasteiger partial charge is 0.478 e. The molecular weight excluding hydrogens is 352 g/mol. The van der Waals surface area contributed by atoms with Gasteiger partial charge in [0.05, 0.1) is 30.1 Å². The molecule has 0 fully saturated rings. The van der Waals surface area contributed by atoms with Gasteiger partial charge in [0.1, 0.15) is 5.70 Å². The van der Waals surface area contributed by atoms with Crippen molar-refractivity contribution in [3.63, 3.8) is 0 Å². The maximum absolute atomic E-state index is 12.2. The van der Waals surface area contributed by atoms with Crippen molar-refractivity contribution >= 4 is 23.5 Å². The molecule has 1 aromatic carbocycles. The molecule has 1 aromatic heterocycles. The molecule has 1 aliphatic heterocycles. The Labute approximate surface area is 154 Å². The van der Waals surface area contributed by atoms with Crippen LogP contribution in [0.5, 0.6) is 0 Å². The number of aromatic carboxylic acids is 1. The first kappa shape index (κ1) is 18.3. The molecule has 3 rings (SSSR count). The summed E-state index contributed by atoms with van der Waals surface area (Å²) in [5.74, 6) is -2.26. The number of hydrogen-bond acceptors (Lipinski definition) is 6. The van der Waals surface area contributed by atoms with Crippen molar-refractivity contribution in [3.05, 3.63) is 53.0 Å². The topological polar surface area (TPSA) is 125 Å². The van der Waals surface area contributed by atoms with E-state index in [1.807, 2.05) is 19.9 Å². The van der Waals surface area contributed by atoms with Crippen LogP contribution in [0.25, 0.3) is 5.69 Å². The summed E-state index contributed by atoms with van der Waals surface area (Å²) in [7, 11) is 0. The number of rotatable bonds is 6. The molecule has 140 valence electrons. The molecule has 9 nitrogen and oxygen atoms in total. The number of carboxylic acid groups (broad SMARTS) is 1. The van der Waals surface area contributed by atoms with E-state index in [0.717, 1.165) is 22.4 Å². The maximum atomic E-state index is 12.2. The molecular formula is C18H18N4O5. The average Bonchev–Trinajstić information content (AvgIpc) is 3.08. The number of aliphatic hydroxyl groups is 1. The Hall–Kier alpha value is -3.46. The number of imide groups is 1. The minimum atomic E-state index is -1.15. The number of aromatic nitrogens is 2. The summed E-state index contributed by atoms with van der Waals surface area (Å²) < 4.78 is 1.54. The Bertz CT molecular complexity index is 976. The van der Waals surface area contributed by atoms with E-state index < -0.39 is 17.8 Å². The molecule has 9 heteroatoms. The Kier molecular flexibility index (Phi) is 4.78. The lowest BCUT2D eigenvalue weighted by Crippen LogP contribution is -2.34. The molecule has 0 aliphatic carbocycles. The van der Waals surface area contributed by atoms with Gasteiger partial charge in [-0.25, -0.2) is 9.48 Å². The van der Waals surface area contributed by atoms with Gasteiger partial charge in [-0.1, -0.05) is 0 Å².